The van der Waals surface area contributed by atoms with Crippen molar-refractivity contribution in [2.45, 2.75) is 45.1 Å². The summed E-state index contributed by atoms with van der Waals surface area (Å²) in [6, 6.07) is 5.95. The molecule has 0 atom stereocenters. The third-order valence-electron chi connectivity index (χ3n) is 4.11. The highest BCUT2D eigenvalue weighted by Gasteiger charge is 2.31. The van der Waals surface area contributed by atoms with Gasteiger partial charge in [-0.3, -0.25) is 0 Å². The van der Waals surface area contributed by atoms with Gasteiger partial charge in [-0.1, -0.05) is 13.0 Å². The monoisotopic (exact) mass is 248 g/mol. The van der Waals surface area contributed by atoms with Crippen molar-refractivity contribution in [3.8, 4) is 0 Å². The van der Waals surface area contributed by atoms with Gasteiger partial charge in [0.05, 0.1) is 5.60 Å². The number of anilines is 2. The molecule has 0 unspecified atom stereocenters. The average molecular weight is 248 g/mol. The van der Waals surface area contributed by atoms with Crippen LogP contribution in [0.25, 0.3) is 0 Å². The van der Waals surface area contributed by atoms with Gasteiger partial charge < -0.3 is 16.2 Å². The summed E-state index contributed by atoms with van der Waals surface area (Å²) in [5, 5.41) is 13.8. The summed E-state index contributed by atoms with van der Waals surface area (Å²) in [5.74, 6) is 0.750. The SMILES string of the molecule is Cc1ccc(NCC2(O)CCC(C)CC2)cc1N. The van der Waals surface area contributed by atoms with E-state index in [4.69, 9.17) is 5.73 Å². The van der Waals surface area contributed by atoms with Crippen molar-refractivity contribution in [3.63, 3.8) is 0 Å². The molecule has 18 heavy (non-hydrogen) atoms. The lowest BCUT2D eigenvalue weighted by Crippen LogP contribution is -2.40. The summed E-state index contributed by atoms with van der Waals surface area (Å²) >= 11 is 0. The first-order chi connectivity index (χ1) is 8.48. The summed E-state index contributed by atoms with van der Waals surface area (Å²) in [6.07, 6.45) is 4.02. The van der Waals surface area contributed by atoms with Crippen molar-refractivity contribution in [2.24, 2.45) is 5.92 Å². The summed E-state index contributed by atoms with van der Waals surface area (Å²) in [4.78, 5) is 0. The molecular formula is C15H24N2O. The Morgan fingerprint density at radius 2 is 2.06 bits per heavy atom. The predicted molar refractivity (Wildman–Crippen MR) is 76.7 cm³/mol. The molecule has 3 heteroatoms. The number of benzene rings is 1. The van der Waals surface area contributed by atoms with Gasteiger partial charge in [0.25, 0.3) is 0 Å². The van der Waals surface area contributed by atoms with Crippen LogP contribution in [0.2, 0.25) is 0 Å². The number of rotatable bonds is 3. The highest BCUT2D eigenvalue weighted by Crippen LogP contribution is 2.32. The minimum absolute atomic E-state index is 0.549. The molecule has 0 bridgehead atoms. The van der Waals surface area contributed by atoms with Crippen molar-refractivity contribution in [2.75, 3.05) is 17.6 Å². The number of hydrogen-bond donors (Lipinski definition) is 3. The van der Waals surface area contributed by atoms with Gasteiger partial charge in [0.15, 0.2) is 0 Å². The number of aryl methyl sites for hydroxylation is 1. The standard InChI is InChI=1S/C15H24N2O/c1-11-5-7-15(18,8-6-11)10-17-13-4-3-12(2)14(16)9-13/h3-4,9,11,17-18H,5-8,10,16H2,1-2H3. The Morgan fingerprint density at radius 3 is 2.67 bits per heavy atom. The van der Waals surface area contributed by atoms with Crippen molar-refractivity contribution < 1.29 is 5.11 Å². The van der Waals surface area contributed by atoms with Crippen LogP contribution in [-0.2, 0) is 0 Å². The zero-order chi connectivity index (χ0) is 13.2. The van der Waals surface area contributed by atoms with Crippen molar-refractivity contribution in [3.05, 3.63) is 23.8 Å². The van der Waals surface area contributed by atoms with Crippen LogP contribution in [0.15, 0.2) is 18.2 Å². The van der Waals surface area contributed by atoms with Gasteiger partial charge in [-0.15, -0.1) is 0 Å². The summed E-state index contributed by atoms with van der Waals surface area (Å²) in [5.41, 5.74) is 8.20. The van der Waals surface area contributed by atoms with E-state index in [1.165, 1.54) is 0 Å². The molecular weight excluding hydrogens is 224 g/mol. The van der Waals surface area contributed by atoms with Crippen LogP contribution in [0.1, 0.15) is 38.2 Å². The number of nitrogens with two attached hydrogens (primary N) is 1. The second-order valence-electron chi connectivity index (χ2n) is 5.83. The second-order valence-corrected chi connectivity index (χ2v) is 5.83. The fourth-order valence-corrected chi connectivity index (χ4v) is 2.49. The van der Waals surface area contributed by atoms with Gasteiger partial charge in [0, 0.05) is 17.9 Å². The maximum absolute atomic E-state index is 10.5. The largest absolute Gasteiger partial charge is 0.398 e. The molecule has 0 aromatic heterocycles. The van der Waals surface area contributed by atoms with Crippen LogP contribution in [0.4, 0.5) is 11.4 Å². The smallest absolute Gasteiger partial charge is 0.0819 e. The van der Waals surface area contributed by atoms with Gasteiger partial charge in [0.1, 0.15) is 0 Å². The minimum atomic E-state index is -0.549. The molecule has 2 rings (SSSR count). The van der Waals surface area contributed by atoms with Gasteiger partial charge in [-0.2, -0.15) is 0 Å². The molecule has 1 aliphatic rings. The molecule has 1 aromatic rings. The molecule has 1 aromatic carbocycles. The van der Waals surface area contributed by atoms with Gasteiger partial charge >= 0.3 is 0 Å². The molecule has 4 N–H and O–H groups in total. The van der Waals surface area contributed by atoms with Gasteiger partial charge in [-0.25, -0.2) is 0 Å². The number of aliphatic hydroxyl groups is 1. The molecule has 1 aliphatic carbocycles. The lowest BCUT2D eigenvalue weighted by Gasteiger charge is -2.35. The summed E-state index contributed by atoms with van der Waals surface area (Å²) in [7, 11) is 0. The van der Waals surface area contributed by atoms with Crippen LogP contribution in [0.5, 0.6) is 0 Å². The van der Waals surface area contributed by atoms with Crippen molar-refractivity contribution in [1.82, 2.24) is 0 Å². The zero-order valence-electron chi connectivity index (χ0n) is 11.4. The quantitative estimate of drug-likeness (QED) is 0.721. The Morgan fingerprint density at radius 1 is 1.39 bits per heavy atom. The van der Waals surface area contributed by atoms with Crippen LogP contribution < -0.4 is 11.1 Å². The number of hydrogen-bond acceptors (Lipinski definition) is 3. The normalized spacial score (nSPS) is 28.1. The highest BCUT2D eigenvalue weighted by atomic mass is 16.3. The molecule has 0 spiro atoms. The van der Waals surface area contributed by atoms with E-state index in [2.05, 4.69) is 12.2 Å². The number of nitrogens with one attached hydrogen (secondary N) is 1. The van der Waals surface area contributed by atoms with Crippen LogP contribution in [0, 0.1) is 12.8 Å². The van der Waals surface area contributed by atoms with E-state index < -0.39 is 5.60 Å². The first-order valence-electron chi connectivity index (χ1n) is 6.81. The molecule has 1 fully saturated rings. The van der Waals surface area contributed by atoms with E-state index in [9.17, 15) is 5.11 Å². The van der Waals surface area contributed by atoms with Crippen LogP contribution in [-0.4, -0.2) is 17.3 Å². The third-order valence-corrected chi connectivity index (χ3v) is 4.11. The Bertz CT molecular complexity index is 409. The molecule has 0 aliphatic heterocycles. The maximum Gasteiger partial charge on any atom is 0.0819 e. The molecule has 0 saturated heterocycles. The lowest BCUT2D eigenvalue weighted by molar-refractivity contribution is 0.00501. The summed E-state index contributed by atoms with van der Waals surface area (Å²) in [6.45, 7) is 4.87. The van der Waals surface area contributed by atoms with Gasteiger partial charge in [0.2, 0.25) is 0 Å². The van der Waals surface area contributed by atoms with E-state index in [1.807, 2.05) is 25.1 Å². The topological polar surface area (TPSA) is 58.3 Å². The molecule has 1 saturated carbocycles. The Hall–Kier alpha value is -1.22. The van der Waals surface area contributed by atoms with Crippen LogP contribution in [0.3, 0.4) is 0 Å². The minimum Gasteiger partial charge on any atom is -0.398 e. The maximum atomic E-state index is 10.5. The third kappa shape index (κ3) is 3.16. The summed E-state index contributed by atoms with van der Waals surface area (Å²) < 4.78 is 0. The molecule has 0 heterocycles. The Balaban J connectivity index is 1.92. The van der Waals surface area contributed by atoms with Crippen LogP contribution >= 0.6 is 0 Å². The second kappa shape index (κ2) is 5.19. The van der Waals surface area contributed by atoms with E-state index in [0.29, 0.717) is 6.54 Å². The molecule has 0 amide bonds. The average Bonchev–Trinajstić information content (AvgIpc) is 2.35. The van der Waals surface area contributed by atoms with E-state index in [1.54, 1.807) is 0 Å². The Kier molecular flexibility index (Phi) is 3.81. The first-order valence-corrected chi connectivity index (χ1v) is 6.81. The van der Waals surface area contributed by atoms with Crippen molar-refractivity contribution >= 4 is 11.4 Å². The zero-order valence-corrected chi connectivity index (χ0v) is 11.4. The highest BCUT2D eigenvalue weighted by molar-refractivity contribution is 5.58. The number of nitrogen functional groups attached to an aromatic ring is 1. The van der Waals surface area contributed by atoms with E-state index >= 15 is 0 Å². The van der Waals surface area contributed by atoms with Gasteiger partial charge in [-0.05, 0) is 56.2 Å². The van der Waals surface area contributed by atoms with E-state index in [-0.39, 0.29) is 0 Å². The fourth-order valence-electron chi connectivity index (χ4n) is 2.49. The Labute approximate surface area is 109 Å². The van der Waals surface area contributed by atoms with Crippen molar-refractivity contribution in [1.29, 1.82) is 0 Å². The fraction of sp³-hybridized carbons (Fsp3) is 0.600. The first kappa shape index (κ1) is 13.2. The molecule has 3 nitrogen and oxygen atoms in total. The molecule has 0 radical (unpaired) electrons. The van der Waals surface area contributed by atoms with E-state index in [0.717, 1.165) is 48.5 Å². The molecule has 100 valence electrons. The predicted octanol–water partition coefficient (Wildman–Crippen LogP) is 2.93. The lowest BCUT2D eigenvalue weighted by atomic mass is 9.79.